The Balaban J connectivity index is 2.30. The van der Waals surface area contributed by atoms with Gasteiger partial charge in [-0.2, -0.15) is 0 Å². The molecule has 15 heavy (non-hydrogen) atoms. The Morgan fingerprint density at radius 2 is 2.27 bits per heavy atom. The van der Waals surface area contributed by atoms with E-state index in [9.17, 15) is 9.90 Å². The maximum absolute atomic E-state index is 11.5. The minimum Gasteiger partial charge on any atom is -0.391 e. The Morgan fingerprint density at radius 1 is 1.53 bits per heavy atom. The summed E-state index contributed by atoms with van der Waals surface area (Å²) >= 11 is 8.01. The molecule has 1 N–H and O–H groups in total. The van der Waals surface area contributed by atoms with Gasteiger partial charge in [0, 0.05) is 9.26 Å². The first kappa shape index (κ1) is 11.2. The van der Waals surface area contributed by atoms with Gasteiger partial charge in [-0.25, -0.2) is 0 Å². The molecule has 1 aliphatic rings. The van der Waals surface area contributed by atoms with Crippen LogP contribution in [0, 0.1) is 3.57 Å². The number of halogens is 2. The highest BCUT2D eigenvalue weighted by Gasteiger charge is 2.29. The summed E-state index contributed by atoms with van der Waals surface area (Å²) in [7, 11) is 0. The standard InChI is InChI=1S/C10H9ClINO2/c11-8-2-1-6(3-9(8)12)13-5-7(14)4-10(13)15/h1-3,7,14H,4-5H2. The molecule has 0 saturated carbocycles. The molecule has 1 aliphatic heterocycles. The summed E-state index contributed by atoms with van der Waals surface area (Å²) in [5.41, 5.74) is 0.797. The Morgan fingerprint density at radius 3 is 2.80 bits per heavy atom. The van der Waals surface area contributed by atoms with Crippen LogP contribution in [0.1, 0.15) is 6.42 Å². The van der Waals surface area contributed by atoms with Gasteiger partial charge >= 0.3 is 0 Å². The van der Waals surface area contributed by atoms with E-state index in [0.29, 0.717) is 11.6 Å². The third kappa shape index (κ3) is 2.26. The number of hydrogen-bond donors (Lipinski definition) is 1. The van der Waals surface area contributed by atoms with Gasteiger partial charge in [-0.05, 0) is 40.8 Å². The third-order valence-electron chi connectivity index (χ3n) is 2.32. The lowest BCUT2D eigenvalue weighted by atomic mass is 10.3. The van der Waals surface area contributed by atoms with Gasteiger partial charge in [0.05, 0.1) is 24.1 Å². The maximum Gasteiger partial charge on any atom is 0.229 e. The first-order valence-corrected chi connectivity index (χ1v) is 5.97. The van der Waals surface area contributed by atoms with E-state index < -0.39 is 6.10 Å². The van der Waals surface area contributed by atoms with Crippen LogP contribution in [0.3, 0.4) is 0 Å². The molecule has 2 rings (SSSR count). The number of amides is 1. The van der Waals surface area contributed by atoms with Crippen molar-refractivity contribution < 1.29 is 9.90 Å². The fourth-order valence-electron chi connectivity index (χ4n) is 1.59. The monoisotopic (exact) mass is 337 g/mol. The summed E-state index contributed by atoms with van der Waals surface area (Å²) in [6, 6.07) is 5.40. The molecule has 1 unspecified atom stereocenters. The second kappa shape index (κ2) is 4.27. The van der Waals surface area contributed by atoms with Crippen molar-refractivity contribution in [2.75, 3.05) is 11.4 Å². The highest BCUT2D eigenvalue weighted by Crippen LogP contribution is 2.27. The van der Waals surface area contributed by atoms with Gasteiger partial charge in [0.15, 0.2) is 0 Å². The molecular weight excluding hydrogens is 328 g/mol. The minimum absolute atomic E-state index is 0.0411. The smallest absolute Gasteiger partial charge is 0.229 e. The van der Waals surface area contributed by atoms with E-state index in [-0.39, 0.29) is 12.3 Å². The van der Waals surface area contributed by atoms with E-state index in [4.69, 9.17) is 11.6 Å². The lowest BCUT2D eigenvalue weighted by Crippen LogP contribution is -2.25. The summed E-state index contributed by atoms with van der Waals surface area (Å²) in [6.07, 6.45) is -0.343. The molecule has 80 valence electrons. The van der Waals surface area contributed by atoms with Gasteiger partial charge < -0.3 is 10.0 Å². The van der Waals surface area contributed by atoms with Crippen LogP contribution >= 0.6 is 34.2 Å². The van der Waals surface area contributed by atoms with Crippen LogP contribution in [0.25, 0.3) is 0 Å². The highest BCUT2D eigenvalue weighted by atomic mass is 127. The zero-order valence-corrected chi connectivity index (χ0v) is 10.7. The normalized spacial score (nSPS) is 21.1. The number of carbonyl (C=O) groups excluding carboxylic acids is 1. The first-order chi connectivity index (χ1) is 7.08. The van der Waals surface area contributed by atoms with E-state index in [2.05, 4.69) is 22.6 Å². The summed E-state index contributed by atoms with van der Waals surface area (Å²) in [5.74, 6) is -0.0411. The number of aliphatic hydroxyl groups is 1. The average Bonchev–Trinajstić information content (AvgIpc) is 2.50. The van der Waals surface area contributed by atoms with Crippen LogP contribution in [-0.4, -0.2) is 23.7 Å². The largest absolute Gasteiger partial charge is 0.391 e. The van der Waals surface area contributed by atoms with Crippen molar-refractivity contribution in [3.63, 3.8) is 0 Å². The molecule has 1 atom stereocenters. The van der Waals surface area contributed by atoms with Crippen molar-refractivity contribution in [1.82, 2.24) is 0 Å². The molecule has 0 aromatic heterocycles. The molecule has 3 nitrogen and oxygen atoms in total. The van der Waals surface area contributed by atoms with Crippen LogP contribution in [0.4, 0.5) is 5.69 Å². The molecule has 1 saturated heterocycles. The van der Waals surface area contributed by atoms with Crippen molar-refractivity contribution >= 4 is 45.8 Å². The molecule has 1 heterocycles. The van der Waals surface area contributed by atoms with Gasteiger partial charge in [0.2, 0.25) is 5.91 Å². The molecule has 1 amide bonds. The van der Waals surface area contributed by atoms with Crippen molar-refractivity contribution in [3.05, 3.63) is 26.8 Å². The van der Waals surface area contributed by atoms with Crippen molar-refractivity contribution in [1.29, 1.82) is 0 Å². The van der Waals surface area contributed by atoms with Gasteiger partial charge in [0.1, 0.15) is 0 Å². The SMILES string of the molecule is O=C1CC(O)CN1c1ccc(Cl)c(I)c1. The molecule has 0 bridgehead atoms. The first-order valence-electron chi connectivity index (χ1n) is 4.51. The predicted octanol–water partition coefficient (Wildman–Crippen LogP) is 2.04. The van der Waals surface area contributed by atoms with Gasteiger partial charge in [0.25, 0.3) is 0 Å². The van der Waals surface area contributed by atoms with Crippen LogP contribution in [0.5, 0.6) is 0 Å². The molecule has 0 aliphatic carbocycles. The van der Waals surface area contributed by atoms with Crippen LogP contribution in [0.15, 0.2) is 18.2 Å². The summed E-state index contributed by atoms with van der Waals surface area (Å²) in [4.78, 5) is 13.1. The third-order valence-corrected chi connectivity index (χ3v) is 3.86. The molecule has 1 aromatic rings. The maximum atomic E-state index is 11.5. The summed E-state index contributed by atoms with van der Waals surface area (Å²) in [5, 5.41) is 10.0. The molecule has 5 heteroatoms. The molecular formula is C10H9ClINO2. The lowest BCUT2D eigenvalue weighted by Gasteiger charge is -2.16. The molecule has 1 aromatic carbocycles. The second-order valence-electron chi connectivity index (χ2n) is 3.46. The van der Waals surface area contributed by atoms with Crippen molar-refractivity contribution in [3.8, 4) is 0 Å². The van der Waals surface area contributed by atoms with E-state index >= 15 is 0 Å². The van der Waals surface area contributed by atoms with Crippen molar-refractivity contribution in [2.45, 2.75) is 12.5 Å². The molecule has 0 spiro atoms. The number of anilines is 1. The number of nitrogens with zero attached hydrogens (tertiary/aromatic N) is 1. The number of aliphatic hydroxyl groups excluding tert-OH is 1. The average molecular weight is 338 g/mol. The Labute approximate surface area is 106 Å². The Hall–Kier alpha value is -0.330. The Bertz CT molecular complexity index is 410. The van der Waals surface area contributed by atoms with Gasteiger partial charge in [-0.3, -0.25) is 4.79 Å². The fourth-order valence-corrected chi connectivity index (χ4v) is 2.21. The minimum atomic E-state index is -0.550. The summed E-state index contributed by atoms with van der Waals surface area (Å²) in [6.45, 7) is 0.372. The van der Waals surface area contributed by atoms with Crippen LogP contribution in [-0.2, 0) is 4.79 Å². The van der Waals surface area contributed by atoms with Crippen LogP contribution in [0.2, 0.25) is 5.02 Å². The van der Waals surface area contributed by atoms with Crippen molar-refractivity contribution in [2.24, 2.45) is 0 Å². The quantitative estimate of drug-likeness (QED) is 0.797. The van der Waals surface area contributed by atoms with E-state index in [1.807, 2.05) is 6.07 Å². The second-order valence-corrected chi connectivity index (χ2v) is 5.03. The number of carbonyl (C=O) groups is 1. The van der Waals surface area contributed by atoms with Gasteiger partial charge in [-0.1, -0.05) is 11.6 Å². The van der Waals surface area contributed by atoms with E-state index in [1.54, 1.807) is 17.0 Å². The summed E-state index contributed by atoms with van der Waals surface area (Å²) < 4.78 is 0.904. The zero-order valence-electron chi connectivity index (χ0n) is 7.78. The predicted molar refractivity (Wildman–Crippen MR) is 67.1 cm³/mol. The molecule has 0 radical (unpaired) electrons. The number of rotatable bonds is 1. The van der Waals surface area contributed by atoms with Crippen LogP contribution < -0.4 is 4.90 Å². The molecule has 1 fully saturated rings. The van der Waals surface area contributed by atoms with Gasteiger partial charge in [-0.15, -0.1) is 0 Å². The Kier molecular flexibility index (Phi) is 3.18. The highest BCUT2D eigenvalue weighted by molar-refractivity contribution is 14.1. The van der Waals surface area contributed by atoms with E-state index in [0.717, 1.165) is 9.26 Å². The lowest BCUT2D eigenvalue weighted by molar-refractivity contribution is -0.117. The fraction of sp³-hybridized carbons (Fsp3) is 0.300. The van der Waals surface area contributed by atoms with E-state index in [1.165, 1.54) is 0 Å². The number of β-amino-alcohol motifs (C(OH)–C–C–N with tert-alkyl or cyclic N) is 1. The topological polar surface area (TPSA) is 40.5 Å². The zero-order chi connectivity index (χ0) is 11.0. The number of hydrogen-bond acceptors (Lipinski definition) is 2. The number of benzene rings is 1.